The number of piperazine rings is 1. The molecule has 5 heterocycles. The highest BCUT2D eigenvalue weighted by Crippen LogP contribution is 2.40. The Balaban J connectivity index is 1.07. The minimum Gasteiger partial charge on any atom is -0.458 e. The van der Waals surface area contributed by atoms with Crippen LogP contribution in [0.25, 0.3) is 22.3 Å². The number of rotatable bonds is 12. The van der Waals surface area contributed by atoms with Crippen molar-refractivity contribution in [2.75, 3.05) is 26.2 Å². The summed E-state index contributed by atoms with van der Waals surface area (Å²) in [7, 11) is 0. The minimum atomic E-state index is -1.90. The number of fused-ring (bicyclic) bond motifs is 5. The number of amides is 3. The van der Waals surface area contributed by atoms with Crippen LogP contribution in [0.5, 0.6) is 5.75 Å². The molecule has 3 aliphatic rings. The van der Waals surface area contributed by atoms with Gasteiger partial charge in [-0.3, -0.25) is 19.6 Å². The van der Waals surface area contributed by atoms with Crippen LogP contribution in [0.1, 0.15) is 93.9 Å². The van der Waals surface area contributed by atoms with Crippen LogP contribution in [0, 0.1) is 0 Å². The normalized spacial score (nSPS) is 17.8. The summed E-state index contributed by atoms with van der Waals surface area (Å²) in [4.78, 5) is 71.4. The van der Waals surface area contributed by atoms with Crippen molar-refractivity contribution in [1.29, 1.82) is 0 Å². The van der Waals surface area contributed by atoms with Crippen molar-refractivity contribution in [3.8, 4) is 17.1 Å². The molecule has 0 radical (unpaired) electrons. The maximum Gasteiger partial charge on any atom is 0.415 e. The van der Waals surface area contributed by atoms with E-state index in [1.54, 1.807) is 51.0 Å². The number of carbonyl (C=O) groups excluding carboxylic acids is 4. The smallest absolute Gasteiger partial charge is 0.415 e. The van der Waals surface area contributed by atoms with Crippen molar-refractivity contribution in [1.82, 2.24) is 24.8 Å². The quantitative estimate of drug-likeness (QED) is 0.0848. The zero-order valence-electron chi connectivity index (χ0n) is 29.2. The van der Waals surface area contributed by atoms with Crippen molar-refractivity contribution >= 4 is 34.8 Å². The molecule has 1 atom stereocenters. The summed E-state index contributed by atoms with van der Waals surface area (Å²) < 4.78 is 12.6. The number of aryl methyl sites for hydroxylation is 1. The molecule has 0 aliphatic carbocycles. The molecule has 0 spiro atoms. The standard InChI is InChI=1S/C37H45N5O9/c1-3-24-25-19-23(51-36(47)41-17-15-40(16-18-41)32(44)12-10-8-6-5-7-9-11-31(43)39-49)13-14-29(25)38-33-26(24)21-42-30(33)20-28-27(34(42)45)22-50-35(46)37(28,48)4-2/h13-14,19-20,48-49H,3-12,15-18,21-22H2,1-2H3,(H,39,43)/t37-/m0/s1. The van der Waals surface area contributed by atoms with Gasteiger partial charge >= 0.3 is 12.1 Å². The predicted octanol–water partition coefficient (Wildman–Crippen LogP) is 3.91. The highest BCUT2D eigenvalue weighted by atomic mass is 16.6. The van der Waals surface area contributed by atoms with Gasteiger partial charge in [0.2, 0.25) is 11.8 Å². The summed E-state index contributed by atoms with van der Waals surface area (Å²) in [5.74, 6) is -0.687. The Bertz CT molecular complexity index is 1920. The molecular formula is C37H45N5O9. The van der Waals surface area contributed by atoms with E-state index in [1.165, 1.54) is 0 Å². The lowest BCUT2D eigenvalue weighted by molar-refractivity contribution is -0.172. The van der Waals surface area contributed by atoms with Crippen molar-refractivity contribution in [2.24, 2.45) is 0 Å². The summed E-state index contributed by atoms with van der Waals surface area (Å²) in [6.07, 6.45) is 6.30. The number of hydrogen-bond donors (Lipinski definition) is 3. The van der Waals surface area contributed by atoms with Crippen LogP contribution in [0.2, 0.25) is 0 Å². The third-order valence-electron chi connectivity index (χ3n) is 10.4. The minimum absolute atomic E-state index is 0.0647. The monoisotopic (exact) mass is 703 g/mol. The van der Waals surface area contributed by atoms with Crippen LogP contribution in [0.3, 0.4) is 0 Å². The number of hydrogen-bond acceptors (Lipinski definition) is 10. The van der Waals surface area contributed by atoms with Crippen LogP contribution in [-0.4, -0.2) is 79.7 Å². The fourth-order valence-corrected chi connectivity index (χ4v) is 7.39. The number of unbranched alkanes of at least 4 members (excludes halogenated alkanes) is 5. The van der Waals surface area contributed by atoms with Crippen molar-refractivity contribution in [3.05, 3.63) is 56.9 Å². The number of aliphatic hydroxyl groups is 1. The fourth-order valence-electron chi connectivity index (χ4n) is 7.39. The van der Waals surface area contributed by atoms with Crippen LogP contribution in [0.15, 0.2) is 29.1 Å². The first kappa shape index (κ1) is 36.0. The Labute approximate surface area is 295 Å². The molecule has 3 N–H and O–H groups in total. The molecule has 1 fully saturated rings. The van der Waals surface area contributed by atoms with E-state index in [2.05, 4.69) is 0 Å². The Kier molecular flexibility index (Phi) is 10.7. The third kappa shape index (κ3) is 7.07. The molecular weight excluding hydrogens is 658 g/mol. The van der Waals surface area contributed by atoms with E-state index in [0.717, 1.165) is 55.0 Å². The van der Waals surface area contributed by atoms with Gasteiger partial charge in [-0.05, 0) is 55.5 Å². The molecule has 0 unspecified atom stereocenters. The number of hydroxylamine groups is 1. The maximum atomic E-state index is 13.6. The molecule has 0 saturated carbocycles. The third-order valence-corrected chi connectivity index (χ3v) is 10.4. The number of ether oxygens (including phenoxy) is 2. The van der Waals surface area contributed by atoms with E-state index in [0.29, 0.717) is 68.1 Å². The fraction of sp³-hybridized carbons (Fsp3) is 0.514. The SMILES string of the molecule is CCc1c2c(nc3ccc(OC(=O)N4CCN(C(=O)CCCCCCCCC(=O)NO)CC4)cc13)-c1cc3c(c(=O)n1C2)COC(=O)[C@]3(O)CC. The lowest BCUT2D eigenvalue weighted by atomic mass is 9.86. The van der Waals surface area contributed by atoms with Gasteiger partial charge in [0.1, 0.15) is 12.4 Å². The van der Waals surface area contributed by atoms with Gasteiger partial charge in [0.25, 0.3) is 5.56 Å². The largest absolute Gasteiger partial charge is 0.458 e. The molecule has 3 amide bonds. The number of aromatic nitrogens is 2. The topological polar surface area (TPSA) is 181 Å². The molecule has 51 heavy (non-hydrogen) atoms. The van der Waals surface area contributed by atoms with E-state index in [4.69, 9.17) is 19.7 Å². The summed E-state index contributed by atoms with van der Waals surface area (Å²) in [6, 6.07) is 6.96. The molecule has 3 aliphatic heterocycles. The Hall–Kier alpha value is -4.82. The lowest BCUT2D eigenvalue weighted by Gasteiger charge is -2.34. The molecule has 6 rings (SSSR count). The average molecular weight is 704 g/mol. The summed E-state index contributed by atoms with van der Waals surface area (Å²) >= 11 is 0. The van der Waals surface area contributed by atoms with Crippen LogP contribution < -0.4 is 15.8 Å². The molecule has 3 aromatic rings. The van der Waals surface area contributed by atoms with E-state index < -0.39 is 17.7 Å². The number of benzene rings is 1. The second-order valence-electron chi connectivity index (χ2n) is 13.4. The molecule has 272 valence electrons. The first-order valence-electron chi connectivity index (χ1n) is 17.9. The first-order chi connectivity index (χ1) is 24.6. The van der Waals surface area contributed by atoms with E-state index in [-0.39, 0.29) is 48.1 Å². The van der Waals surface area contributed by atoms with E-state index in [1.807, 2.05) is 6.92 Å². The van der Waals surface area contributed by atoms with Gasteiger partial charge in [-0.1, -0.05) is 39.5 Å². The number of nitrogens with zero attached hydrogens (tertiary/aromatic N) is 4. The van der Waals surface area contributed by atoms with Gasteiger partial charge in [-0.2, -0.15) is 0 Å². The van der Waals surface area contributed by atoms with Crippen LogP contribution in [-0.2, 0) is 44.3 Å². The Morgan fingerprint density at radius 1 is 0.941 bits per heavy atom. The summed E-state index contributed by atoms with van der Waals surface area (Å²) in [6.45, 7) is 5.39. The highest BCUT2D eigenvalue weighted by Gasteiger charge is 2.45. The number of pyridine rings is 2. The molecule has 14 nitrogen and oxygen atoms in total. The zero-order valence-corrected chi connectivity index (χ0v) is 29.2. The van der Waals surface area contributed by atoms with Gasteiger partial charge in [-0.15, -0.1) is 0 Å². The van der Waals surface area contributed by atoms with Crippen molar-refractivity contribution in [3.63, 3.8) is 0 Å². The van der Waals surface area contributed by atoms with Gasteiger partial charge < -0.3 is 28.9 Å². The van der Waals surface area contributed by atoms with Crippen molar-refractivity contribution in [2.45, 2.75) is 96.8 Å². The van der Waals surface area contributed by atoms with Gasteiger partial charge in [-0.25, -0.2) is 20.1 Å². The highest BCUT2D eigenvalue weighted by molar-refractivity contribution is 5.90. The number of nitrogens with one attached hydrogen (secondary N) is 1. The summed E-state index contributed by atoms with van der Waals surface area (Å²) in [5.41, 5.74) is 3.60. The Morgan fingerprint density at radius 3 is 2.31 bits per heavy atom. The van der Waals surface area contributed by atoms with Crippen LogP contribution >= 0.6 is 0 Å². The van der Waals surface area contributed by atoms with Crippen molar-refractivity contribution < 1.29 is 39.0 Å². The van der Waals surface area contributed by atoms with E-state index in [9.17, 15) is 29.1 Å². The number of cyclic esters (lactones) is 1. The van der Waals surface area contributed by atoms with E-state index >= 15 is 0 Å². The molecule has 14 heteroatoms. The zero-order chi connectivity index (χ0) is 36.3. The maximum absolute atomic E-state index is 13.6. The number of carbonyl (C=O) groups is 4. The second kappa shape index (κ2) is 15.2. The molecule has 1 saturated heterocycles. The first-order valence-corrected chi connectivity index (χ1v) is 17.9. The predicted molar refractivity (Wildman–Crippen MR) is 185 cm³/mol. The molecule has 2 aromatic heterocycles. The second-order valence-corrected chi connectivity index (χ2v) is 13.4. The van der Waals surface area contributed by atoms with Gasteiger partial charge in [0, 0.05) is 55.5 Å². The average Bonchev–Trinajstić information content (AvgIpc) is 3.51. The van der Waals surface area contributed by atoms with Crippen LogP contribution in [0.4, 0.5) is 4.79 Å². The number of esters is 1. The van der Waals surface area contributed by atoms with Gasteiger partial charge in [0.05, 0.1) is 29.0 Å². The Morgan fingerprint density at radius 2 is 1.63 bits per heavy atom. The molecule has 1 aromatic carbocycles. The lowest BCUT2D eigenvalue weighted by Crippen LogP contribution is -2.51. The van der Waals surface area contributed by atoms with Gasteiger partial charge in [0.15, 0.2) is 5.60 Å². The molecule has 0 bridgehead atoms. The summed E-state index contributed by atoms with van der Waals surface area (Å²) in [5, 5.41) is 20.5.